The number of carbonyl (C=O) groups excluding carboxylic acids is 2. The molecule has 0 spiro atoms. The van der Waals surface area contributed by atoms with E-state index in [2.05, 4.69) is 10.5 Å². The molecule has 7 nitrogen and oxygen atoms in total. The summed E-state index contributed by atoms with van der Waals surface area (Å²) in [6.45, 7) is 3.51. The molecule has 1 aromatic carbocycles. The minimum absolute atomic E-state index is 0.0528. The van der Waals surface area contributed by atoms with Gasteiger partial charge in [0.2, 0.25) is 0 Å². The van der Waals surface area contributed by atoms with Gasteiger partial charge in [-0.2, -0.15) is 0 Å². The molecule has 1 N–H and O–H groups in total. The van der Waals surface area contributed by atoms with Gasteiger partial charge in [0, 0.05) is 6.07 Å². The average Bonchev–Trinajstić information content (AvgIpc) is 3.05. The van der Waals surface area contributed by atoms with E-state index in [-0.39, 0.29) is 12.5 Å². The number of carbonyl (C=O) groups is 2. The van der Waals surface area contributed by atoms with Crippen LogP contribution in [0.3, 0.4) is 0 Å². The van der Waals surface area contributed by atoms with Crippen molar-refractivity contribution in [2.45, 2.75) is 25.9 Å². The predicted octanol–water partition coefficient (Wildman–Crippen LogP) is 1.96. The first kappa shape index (κ1) is 15.1. The smallest absolute Gasteiger partial charge is 0.325 e. The minimum atomic E-state index is -1.11. The fourth-order valence-electron chi connectivity index (χ4n) is 2.61. The van der Waals surface area contributed by atoms with Gasteiger partial charge in [0.05, 0.1) is 19.3 Å². The minimum Gasteiger partial charge on any atom is -0.497 e. The van der Waals surface area contributed by atoms with Gasteiger partial charge in [-0.3, -0.25) is 9.69 Å². The molecule has 0 saturated carbocycles. The molecule has 0 aliphatic carbocycles. The normalized spacial score (nSPS) is 20.7. The fraction of sp³-hybridized carbons (Fsp3) is 0.312. The Kier molecular flexibility index (Phi) is 3.55. The Morgan fingerprint density at radius 2 is 2.00 bits per heavy atom. The molecule has 0 bridgehead atoms. The third kappa shape index (κ3) is 2.54. The summed E-state index contributed by atoms with van der Waals surface area (Å²) in [5.41, 5.74) is 0.274. The van der Waals surface area contributed by atoms with Crippen LogP contribution in [-0.2, 0) is 16.9 Å². The number of nitrogens with one attached hydrogen (secondary N) is 1. The van der Waals surface area contributed by atoms with Crippen LogP contribution in [0.5, 0.6) is 5.75 Å². The van der Waals surface area contributed by atoms with Crippen molar-refractivity contribution in [3.63, 3.8) is 0 Å². The van der Waals surface area contributed by atoms with Crippen LogP contribution < -0.4 is 10.1 Å². The van der Waals surface area contributed by atoms with E-state index in [1.54, 1.807) is 51.3 Å². The zero-order valence-corrected chi connectivity index (χ0v) is 13.1. The Labute approximate surface area is 133 Å². The van der Waals surface area contributed by atoms with Crippen molar-refractivity contribution in [3.05, 3.63) is 47.3 Å². The van der Waals surface area contributed by atoms with E-state index in [1.165, 1.54) is 0 Å². The summed E-state index contributed by atoms with van der Waals surface area (Å²) in [6.07, 6.45) is 0. The highest BCUT2D eigenvalue weighted by atomic mass is 16.5. The topological polar surface area (TPSA) is 84.7 Å². The summed E-state index contributed by atoms with van der Waals surface area (Å²) < 4.78 is 10.2. The largest absolute Gasteiger partial charge is 0.497 e. The summed E-state index contributed by atoms with van der Waals surface area (Å²) in [7, 11) is 1.57. The Balaban J connectivity index is 1.86. The average molecular weight is 315 g/mol. The second kappa shape index (κ2) is 5.42. The third-order valence-corrected chi connectivity index (χ3v) is 3.93. The first-order valence-electron chi connectivity index (χ1n) is 7.15. The number of nitrogens with zero attached hydrogens (tertiary/aromatic N) is 2. The molecule has 1 aromatic heterocycles. The molecule has 2 aromatic rings. The summed E-state index contributed by atoms with van der Waals surface area (Å²) in [5.74, 6) is 0.815. The van der Waals surface area contributed by atoms with Gasteiger partial charge >= 0.3 is 6.03 Å². The molecule has 7 heteroatoms. The molecule has 1 aliphatic rings. The number of aromatic nitrogens is 1. The van der Waals surface area contributed by atoms with Gasteiger partial charge < -0.3 is 14.6 Å². The second-order valence-electron chi connectivity index (χ2n) is 5.61. The maximum absolute atomic E-state index is 12.8. The summed E-state index contributed by atoms with van der Waals surface area (Å²) >= 11 is 0. The molecule has 23 heavy (non-hydrogen) atoms. The standard InChI is InChI=1S/C16H17N3O4/c1-10-8-13(23-18-10)9-19-14(20)16(2,17-15(19)21)11-4-6-12(22-3)7-5-11/h4-8H,9H2,1-3H3,(H,17,21)/t16-/m1/s1. The van der Waals surface area contributed by atoms with E-state index in [1.807, 2.05) is 0 Å². The van der Waals surface area contributed by atoms with E-state index < -0.39 is 11.6 Å². The number of amides is 3. The Bertz CT molecular complexity index is 753. The first-order valence-corrected chi connectivity index (χ1v) is 7.15. The van der Waals surface area contributed by atoms with E-state index in [0.29, 0.717) is 22.8 Å². The van der Waals surface area contributed by atoms with Gasteiger partial charge in [0.25, 0.3) is 5.91 Å². The highest BCUT2D eigenvalue weighted by Crippen LogP contribution is 2.30. The summed E-state index contributed by atoms with van der Waals surface area (Å²) in [5, 5.41) is 6.51. The molecular weight excluding hydrogens is 298 g/mol. The van der Waals surface area contributed by atoms with Gasteiger partial charge in [-0.25, -0.2) is 4.79 Å². The van der Waals surface area contributed by atoms with Crippen LogP contribution in [0.1, 0.15) is 23.9 Å². The van der Waals surface area contributed by atoms with Crippen LogP contribution >= 0.6 is 0 Å². The quantitative estimate of drug-likeness (QED) is 0.872. The maximum Gasteiger partial charge on any atom is 0.325 e. The van der Waals surface area contributed by atoms with Crippen molar-refractivity contribution < 1.29 is 18.8 Å². The molecule has 1 aliphatic heterocycles. The third-order valence-electron chi connectivity index (χ3n) is 3.93. The highest BCUT2D eigenvalue weighted by Gasteiger charge is 2.49. The van der Waals surface area contributed by atoms with E-state index in [9.17, 15) is 9.59 Å². The number of ether oxygens (including phenoxy) is 1. The number of aryl methyl sites for hydroxylation is 1. The molecule has 3 rings (SSSR count). The molecule has 1 fully saturated rings. The monoisotopic (exact) mass is 315 g/mol. The summed E-state index contributed by atoms with van der Waals surface area (Å²) in [6, 6.07) is 8.27. The Morgan fingerprint density at radius 3 is 2.57 bits per heavy atom. The molecular formula is C16H17N3O4. The van der Waals surface area contributed by atoms with E-state index in [4.69, 9.17) is 9.26 Å². The predicted molar refractivity (Wildman–Crippen MR) is 80.7 cm³/mol. The maximum atomic E-state index is 12.8. The van der Waals surface area contributed by atoms with Gasteiger partial charge in [-0.05, 0) is 31.5 Å². The molecule has 0 radical (unpaired) electrons. The van der Waals surface area contributed by atoms with Crippen molar-refractivity contribution in [3.8, 4) is 5.75 Å². The van der Waals surface area contributed by atoms with E-state index >= 15 is 0 Å². The number of urea groups is 1. The second-order valence-corrected chi connectivity index (χ2v) is 5.61. The molecule has 1 atom stereocenters. The van der Waals surface area contributed by atoms with Crippen LogP contribution in [0.25, 0.3) is 0 Å². The molecule has 1 saturated heterocycles. The van der Waals surface area contributed by atoms with Crippen molar-refractivity contribution in [1.29, 1.82) is 0 Å². The van der Waals surface area contributed by atoms with E-state index in [0.717, 1.165) is 4.90 Å². The van der Waals surface area contributed by atoms with Crippen molar-refractivity contribution >= 4 is 11.9 Å². The highest BCUT2D eigenvalue weighted by molar-refractivity contribution is 6.07. The lowest BCUT2D eigenvalue weighted by Gasteiger charge is -2.22. The summed E-state index contributed by atoms with van der Waals surface area (Å²) in [4.78, 5) is 26.1. The number of rotatable bonds is 4. The van der Waals surface area contributed by atoms with Crippen LogP contribution in [-0.4, -0.2) is 29.1 Å². The Hall–Kier alpha value is -2.83. The Morgan fingerprint density at radius 1 is 1.30 bits per heavy atom. The molecule has 2 heterocycles. The van der Waals surface area contributed by atoms with Crippen LogP contribution in [0, 0.1) is 6.92 Å². The van der Waals surface area contributed by atoms with Crippen LogP contribution in [0.15, 0.2) is 34.9 Å². The van der Waals surface area contributed by atoms with Gasteiger partial charge in [0.15, 0.2) is 5.76 Å². The fourth-order valence-corrected chi connectivity index (χ4v) is 2.61. The van der Waals surface area contributed by atoms with Crippen LogP contribution in [0.4, 0.5) is 4.79 Å². The number of hydrogen-bond donors (Lipinski definition) is 1. The number of methoxy groups -OCH3 is 1. The number of hydrogen-bond acceptors (Lipinski definition) is 5. The number of benzene rings is 1. The SMILES string of the molecule is COc1ccc([C@@]2(C)NC(=O)N(Cc3cc(C)no3)C2=O)cc1. The van der Waals surface area contributed by atoms with Crippen molar-refractivity contribution in [2.75, 3.05) is 7.11 Å². The zero-order valence-electron chi connectivity index (χ0n) is 13.1. The lowest BCUT2D eigenvalue weighted by molar-refractivity contribution is -0.131. The van der Waals surface area contributed by atoms with Crippen molar-refractivity contribution in [1.82, 2.24) is 15.4 Å². The van der Waals surface area contributed by atoms with Gasteiger partial charge in [-0.15, -0.1) is 0 Å². The lowest BCUT2D eigenvalue weighted by atomic mass is 9.92. The molecule has 0 unspecified atom stereocenters. The number of imide groups is 1. The zero-order chi connectivity index (χ0) is 16.6. The first-order chi connectivity index (χ1) is 10.9. The van der Waals surface area contributed by atoms with Gasteiger partial charge in [-0.1, -0.05) is 17.3 Å². The van der Waals surface area contributed by atoms with Crippen molar-refractivity contribution in [2.24, 2.45) is 0 Å². The molecule has 120 valence electrons. The van der Waals surface area contributed by atoms with Crippen LogP contribution in [0.2, 0.25) is 0 Å². The molecule has 3 amide bonds. The lowest BCUT2D eigenvalue weighted by Crippen LogP contribution is -2.40. The van der Waals surface area contributed by atoms with Gasteiger partial charge in [0.1, 0.15) is 11.3 Å².